The Morgan fingerprint density at radius 3 is 2.90 bits per heavy atom. The highest BCUT2D eigenvalue weighted by Crippen LogP contribution is 1.97. The normalized spacial score (nSPS) is 26.6. The number of hydrogen-bond acceptors (Lipinski definition) is 2. The highest BCUT2D eigenvalue weighted by molar-refractivity contribution is 5.73. The summed E-state index contributed by atoms with van der Waals surface area (Å²) in [7, 11) is 0. The van der Waals surface area contributed by atoms with Gasteiger partial charge in [0.05, 0.1) is 0 Å². The fourth-order valence-corrected chi connectivity index (χ4v) is 1.06. The molecule has 1 unspecified atom stereocenters. The quantitative estimate of drug-likeness (QED) is 0.493. The molecule has 1 rings (SSSR count). The van der Waals surface area contributed by atoms with Gasteiger partial charge in [0.25, 0.3) is 0 Å². The minimum Gasteiger partial charge on any atom is -0.340 e. The first kappa shape index (κ1) is 7.54. The summed E-state index contributed by atoms with van der Waals surface area (Å²) in [5, 5.41) is 3.05. The van der Waals surface area contributed by atoms with Crippen LogP contribution in [0, 0.1) is 6.92 Å². The van der Waals surface area contributed by atoms with E-state index in [1.807, 2.05) is 0 Å². The number of piperazine rings is 1. The summed E-state index contributed by atoms with van der Waals surface area (Å²) in [6, 6.07) is -0.0438. The van der Waals surface area contributed by atoms with Crippen LogP contribution in [0.4, 0.5) is 0 Å². The van der Waals surface area contributed by atoms with Gasteiger partial charge in [-0.15, -0.1) is 0 Å². The average Bonchev–Trinajstić information content (AvgIpc) is 1.88. The van der Waals surface area contributed by atoms with E-state index < -0.39 is 0 Å². The third-order valence-corrected chi connectivity index (χ3v) is 1.65. The predicted octanol–water partition coefficient (Wildman–Crippen LogP) is -0.482. The summed E-state index contributed by atoms with van der Waals surface area (Å²) in [5.74, 6) is 0.108. The molecule has 0 spiro atoms. The SMILES string of the molecule is [CH]C1CN(C(C)=O)CCN1. The van der Waals surface area contributed by atoms with Crippen LogP contribution in [0.15, 0.2) is 0 Å². The third kappa shape index (κ3) is 1.70. The standard InChI is InChI=1S/C7H12N2O/c1-6-5-9(7(2)10)4-3-8-6/h1,6,8H,3-5H2,2H3. The maximum atomic E-state index is 10.8. The van der Waals surface area contributed by atoms with Gasteiger partial charge in [-0.25, -0.2) is 0 Å². The Labute approximate surface area is 61.4 Å². The van der Waals surface area contributed by atoms with Gasteiger partial charge in [0.2, 0.25) is 5.91 Å². The second kappa shape index (κ2) is 3.01. The Kier molecular flexibility index (Phi) is 2.27. The summed E-state index contributed by atoms with van der Waals surface area (Å²) >= 11 is 0. The fourth-order valence-electron chi connectivity index (χ4n) is 1.06. The van der Waals surface area contributed by atoms with Crippen LogP contribution in [-0.4, -0.2) is 36.5 Å². The molecule has 0 saturated carbocycles. The zero-order chi connectivity index (χ0) is 7.56. The Balaban J connectivity index is 2.39. The zero-order valence-corrected chi connectivity index (χ0v) is 6.13. The van der Waals surface area contributed by atoms with Crippen LogP contribution in [0.5, 0.6) is 0 Å². The third-order valence-electron chi connectivity index (χ3n) is 1.65. The van der Waals surface area contributed by atoms with Crippen molar-refractivity contribution in [3.63, 3.8) is 0 Å². The molecule has 3 nitrogen and oxygen atoms in total. The van der Waals surface area contributed by atoms with Crippen LogP contribution < -0.4 is 5.32 Å². The predicted molar refractivity (Wildman–Crippen MR) is 38.3 cm³/mol. The number of nitrogens with one attached hydrogen (secondary N) is 1. The first-order chi connectivity index (χ1) is 4.70. The molecule has 1 aliphatic rings. The van der Waals surface area contributed by atoms with Crippen LogP contribution in [0.2, 0.25) is 0 Å². The summed E-state index contributed by atoms with van der Waals surface area (Å²) in [6.45, 7) is 9.35. The molecule has 2 radical (unpaired) electrons. The number of carbonyl (C=O) groups excluding carboxylic acids is 1. The van der Waals surface area contributed by atoms with Crippen molar-refractivity contribution < 1.29 is 4.79 Å². The molecule has 1 amide bonds. The lowest BCUT2D eigenvalue weighted by Crippen LogP contribution is -2.50. The molecule has 0 aromatic rings. The van der Waals surface area contributed by atoms with Crippen LogP contribution in [0.1, 0.15) is 6.92 Å². The largest absolute Gasteiger partial charge is 0.340 e. The monoisotopic (exact) mass is 140 g/mol. The minimum atomic E-state index is -0.0438. The van der Waals surface area contributed by atoms with Crippen molar-refractivity contribution in [2.45, 2.75) is 13.0 Å². The van der Waals surface area contributed by atoms with E-state index in [1.165, 1.54) is 0 Å². The van der Waals surface area contributed by atoms with E-state index in [9.17, 15) is 4.79 Å². The molecule has 56 valence electrons. The maximum Gasteiger partial charge on any atom is 0.219 e. The van der Waals surface area contributed by atoms with Gasteiger partial charge in [-0.05, 0) is 6.92 Å². The summed E-state index contributed by atoms with van der Waals surface area (Å²) in [4.78, 5) is 12.5. The van der Waals surface area contributed by atoms with Crippen molar-refractivity contribution in [1.82, 2.24) is 10.2 Å². The molecule has 0 aromatic heterocycles. The van der Waals surface area contributed by atoms with Gasteiger partial charge in [-0.3, -0.25) is 4.79 Å². The Hall–Kier alpha value is -0.570. The molecule has 1 fully saturated rings. The number of carbonyl (C=O) groups is 1. The van der Waals surface area contributed by atoms with Crippen molar-refractivity contribution in [2.75, 3.05) is 19.6 Å². The molecule has 0 aliphatic carbocycles. The first-order valence-electron chi connectivity index (χ1n) is 3.44. The lowest BCUT2D eigenvalue weighted by Gasteiger charge is -2.30. The van der Waals surface area contributed by atoms with E-state index in [1.54, 1.807) is 11.8 Å². The molecule has 1 atom stereocenters. The van der Waals surface area contributed by atoms with Gasteiger partial charge in [-0.1, -0.05) is 0 Å². The highest BCUT2D eigenvalue weighted by atomic mass is 16.2. The van der Waals surface area contributed by atoms with Crippen molar-refractivity contribution in [1.29, 1.82) is 0 Å². The van der Waals surface area contributed by atoms with Crippen LogP contribution in [0.3, 0.4) is 0 Å². The minimum absolute atomic E-state index is 0.0438. The fraction of sp³-hybridized carbons (Fsp3) is 0.714. The lowest BCUT2D eigenvalue weighted by atomic mass is 10.2. The summed E-state index contributed by atoms with van der Waals surface area (Å²) in [5.41, 5.74) is 0. The van der Waals surface area contributed by atoms with E-state index in [4.69, 9.17) is 6.92 Å². The molecule has 0 aromatic carbocycles. The molecule has 0 bridgehead atoms. The van der Waals surface area contributed by atoms with E-state index in [0.717, 1.165) is 13.1 Å². The lowest BCUT2D eigenvalue weighted by molar-refractivity contribution is -0.129. The summed E-state index contributed by atoms with van der Waals surface area (Å²) in [6.07, 6.45) is 0. The molecule has 1 N–H and O–H groups in total. The maximum absolute atomic E-state index is 10.8. The number of nitrogens with zero attached hydrogens (tertiary/aromatic N) is 1. The van der Waals surface area contributed by atoms with Crippen molar-refractivity contribution in [3.05, 3.63) is 6.92 Å². The van der Waals surface area contributed by atoms with Crippen LogP contribution in [0.25, 0.3) is 0 Å². The number of rotatable bonds is 0. The van der Waals surface area contributed by atoms with Gasteiger partial charge in [-0.2, -0.15) is 0 Å². The van der Waals surface area contributed by atoms with Crippen LogP contribution >= 0.6 is 0 Å². The second-order valence-corrected chi connectivity index (χ2v) is 2.53. The van der Waals surface area contributed by atoms with Gasteiger partial charge >= 0.3 is 0 Å². The number of amides is 1. The average molecular weight is 140 g/mol. The molecular formula is C7H12N2O. The molecule has 1 aliphatic heterocycles. The Bertz CT molecular complexity index is 136. The highest BCUT2D eigenvalue weighted by Gasteiger charge is 2.16. The van der Waals surface area contributed by atoms with E-state index in [2.05, 4.69) is 5.32 Å². The Morgan fingerprint density at radius 2 is 2.50 bits per heavy atom. The topological polar surface area (TPSA) is 32.3 Å². The molecule has 1 saturated heterocycles. The van der Waals surface area contributed by atoms with Gasteiger partial charge in [0.15, 0.2) is 0 Å². The van der Waals surface area contributed by atoms with Crippen molar-refractivity contribution in [3.8, 4) is 0 Å². The van der Waals surface area contributed by atoms with Gasteiger partial charge in [0.1, 0.15) is 0 Å². The van der Waals surface area contributed by atoms with Crippen LogP contribution in [-0.2, 0) is 4.79 Å². The van der Waals surface area contributed by atoms with Gasteiger partial charge < -0.3 is 10.2 Å². The van der Waals surface area contributed by atoms with E-state index in [0.29, 0.717) is 6.54 Å². The zero-order valence-electron chi connectivity index (χ0n) is 6.13. The van der Waals surface area contributed by atoms with Crippen molar-refractivity contribution in [2.24, 2.45) is 0 Å². The van der Waals surface area contributed by atoms with E-state index >= 15 is 0 Å². The molecular weight excluding hydrogens is 128 g/mol. The second-order valence-electron chi connectivity index (χ2n) is 2.53. The van der Waals surface area contributed by atoms with Gasteiger partial charge in [0, 0.05) is 32.6 Å². The first-order valence-corrected chi connectivity index (χ1v) is 3.44. The van der Waals surface area contributed by atoms with E-state index in [-0.39, 0.29) is 11.9 Å². The summed E-state index contributed by atoms with van der Waals surface area (Å²) < 4.78 is 0. The smallest absolute Gasteiger partial charge is 0.219 e. The molecule has 10 heavy (non-hydrogen) atoms. The Morgan fingerprint density at radius 1 is 1.80 bits per heavy atom. The number of hydrogen-bond donors (Lipinski definition) is 1. The van der Waals surface area contributed by atoms with Crippen molar-refractivity contribution >= 4 is 5.91 Å². The molecule has 3 heteroatoms. The molecule has 1 heterocycles.